The summed E-state index contributed by atoms with van der Waals surface area (Å²) in [6.45, 7) is 6.33. The highest BCUT2D eigenvalue weighted by molar-refractivity contribution is 7.54. The van der Waals surface area contributed by atoms with Gasteiger partial charge in [0.05, 0.1) is 18.9 Å². The smallest absolute Gasteiger partial charge is 0.308 e. The van der Waals surface area contributed by atoms with Gasteiger partial charge >= 0.3 is 7.60 Å². The van der Waals surface area contributed by atoms with E-state index in [9.17, 15) is 4.57 Å². The van der Waals surface area contributed by atoms with E-state index < -0.39 is 7.60 Å². The van der Waals surface area contributed by atoms with Gasteiger partial charge < -0.3 is 9.05 Å². The lowest BCUT2D eigenvalue weighted by molar-refractivity contribution is 0.213. The highest BCUT2D eigenvalue weighted by Gasteiger charge is 2.33. The van der Waals surface area contributed by atoms with E-state index in [0.717, 1.165) is 10.9 Å². The molecule has 0 saturated heterocycles. The third kappa shape index (κ3) is 3.12. The molecule has 2 rings (SSSR count). The highest BCUT2D eigenvalue weighted by atomic mass is 31.2. The Kier molecular flexibility index (Phi) is 4.98. The molecule has 0 heterocycles. The normalized spacial score (nSPS) is 13.6. The van der Waals surface area contributed by atoms with E-state index >= 15 is 0 Å². The van der Waals surface area contributed by atoms with Crippen LogP contribution >= 0.6 is 7.60 Å². The highest BCUT2D eigenvalue weighted by Crippen LogP contribution is 2.60. The van der Waals surface area contributed by atoms with Crippen molar-refractivity contribution in [1.82, 2.24) is 0 Å². The van der Waals surface area contributed by atoms with Crippen LogP contribution < -0.4 is 0 Å². The molecule has 1 unspecified atom stereocenters. The van der Waals surface area contributed by atoms with Crippen LogP contribution in [0.5, 0.6) is 0 Å². The fourth-order valence-corrected chi connectivity index (χ4v) is 4.04. The lowest BCUT2D eigenvalue weighted by Crippen LogP contribution is -2.03. The molecule has 0 fully saturated rings. The molecule has 0 bridgehead atoms. The van der Waals surface area contributed by atoms with Gasteiger partial charge in [0.1, 0.15) is 0 Å². The van der Waals surface area contributed by atoms with Crippen molar-refractivity contribution in [3.8, 4) is 0 Å². The Morgan fingerprint density at radius 3 is 2.20 bits per heavy atom. The van der Waals surface area contributed by atoms with Crippen LogP contribution in [-0.2, 0) is 13.6 Å². The van der Waals surface area contributed by atoms with Gasteiger partial charge in [0, 0.05) is 0 Å². The summed E-state index contributed by atoms with van der Waals surface area (Å²) in [5.74, 6) is 0. The first-order valence-electron chi connectivity index (χ1n) is 6.98. The first-order chi connectivity index (χ1) is 9.60. The fourth-order valence-electron chi connectivity index (χ4n) is 2.27. The van der Waals surface area contributed by atoms with Crippen LogP contribution in [0.25, 0.3) is 10.8 Å². The summed E-state index contributed by atoms with van der Waals surface area (Å²) >= 11 is 0. The minimum absolute atomic E-state index is 0.271. The zero-order chi connectivity index (χ0) is 14.6. The second-order valence-electron chi connectivity index (χ2n) is 4.66. The number of hydrogen-bond acceptors (Lipinski definition) is 3. The van der Waals surface area contributed by atoms with E-state index in [0.29, 0.717) is 13.2 Å². The maximum absolute atomic E-state index is 12.8. The maximum atomic E-state index is 12.8. The van der Waals surface area contributed by atoms with Crippen LogP contribution in [0, 0.1) is 0 Å². The molecule has 108 valence electrons. The molecule has 0 aliphatic carbocycles. The summed E-state index contributed by atoms with van der Waals surface area (Å²) in [6, 6.07) is 14.2. The molecule has 3 nitrogen and oxygen atoms in total. The topological polar surface area (TPSA) is 35.5 Å². The quantitative estimate of drug-likeness (QED) is 0.689. The molecule has 0 amide bonds. The molecular formula is C16H21O3P. The Morgan fingerprint density at radius 1 is 1.00 bits per heavy atom. The number of rotatable bonds is 6. The summed E-state index contributed by atoms with van der Waals surface area (Å²) < 4.78 is 23.7. The van der Waals surface area contributed by atoms with Crippen molar-refractivity contribution in [3.63, 3.8) is 0 Å². The van der Waals surface area contributed by atoms with Crippen molar-refractivity contribution >= 4 is 18.4 Å². The van der Waals surface area contributed by atoms with Crippen LogP contribution in [0.1, 0.15) is 32.0 Å². The summed E-state index contributed by atoms with van der Waals surface area (Å²) in [4.78, 5) is 0. The second kappa shape index (κ2) is 6.53. The van der Waals surface area contributed by atoms with Gasteiger partial charge in [-0.15, -0.1) is 0 Å². The van der Waals surface area contributed by atoms with Gasteiger partial charge in [-0.25, -0.2) is 0 Å². The predicted molar refractivity (Wildman–Crippen MR) is 83.2 cm³/mol. The Balaban J connectivity index is 2.38. The zero-order valence-corrected chi connectivity index (χ0v) is 13.1. The van der Waals surface area contributed by atoms with Crippen molar-refractivity contribution in [2.75, 3.05) is 13.2 Å². The van der Waals surface area contributed by atoms with Gasteiger partial charge in [-0.2, -0.15) is 0 Å². The molecule has 4 heteroatoms. The molecule has 0 radical (unpaired) electrons. The third-order valence-electron chi connectivity index (χ3n) is 3.35. The van der Waals surface area contributed by atoms with Crippen LogP contribution in [0.2, 0.25) is 0 Å². The first-order valence-corrected chi connectivity index (χ1v) is 8.59. The van der Waals surface area contributed by atoms with Crippen molar-refractivity contribution in [3.05, 3.63) is 48.0 Å². The summed E-state index contributed by atoms with van der Waals surface area (Å²) in [6.07, 6.45) is 0. The van der Waals surface area contributed by atoms with Gasteiger partial charge in [0.2, 0.25) is 0 Å². The Hall–Kier alpha value is -1.15. The number of hydrogen-bond donors (Lipinski definition) is 0. The minimum Gasteiger partial charge on any atom is -0.308 e. The van der Waals surface area contributed by atoms with Crippen molar-refractivity contribution in [1.29, 1.82) is 0 Å². The largest absolute Gasteiger partial charge is 0.337 e. The maximum Gasteiger partial charge on any atom is 0.337 e. The van der Waals surface area contributed by atoms with E-state index in [1.807, 2.05) is 45.0 Å². The number of benzene rings is 2. The third-order valence-corrected chi connectivity index (χ3v) is 5.83. The monoisotopic (exact) mass is 292 g/mol. The summed E-state index contributed by atoms with van der Waals surface area (Å²) in [5.41, 5.74) is 0.709. The molecule has 20 heavy (non-hydrogen) atoms. The van der Waals surface area contributed by atoms with Gasteiger partial charge in [0.25, 0.3) is 0 Å². The lowest BCUT2D eigenvalue weighted by atomic mass is 10.1. The molecule has 2 aromatic rings. The standard InChI is InChI=1S/C16H21O3P/c1-4-18-20(17,19-5-2)13(3)15-11-10-14-8-6-7-9-16(14)12-15/h6-13H,4-5H2,1-3H3. The van der Waals surface area contributed by atoms with E-state index in [2.05, 4.69) is 18.2 Å². The molecular weight excluding hydrogens is 271 g/mol. The van der Waals surface area contributed by atoms with Gasteiger partial charge in [0.15, 0.2) is 0 Å². The van der Waals surface area contributed by atoms with Crippen LogP contribution in [-0.4, -0.2) is 13.2 Å². The first kappa shape index (κ1) is 15.2. The molecule has 2 aromatic carbocycles. The van der Waals surface area contributed by atoms with Crippen LogP contribution in [0.15, 0.2) is 42.5 Å². The SMILES string of the molecule is CCOP(=O)(OCC)C(C)c1ccc2ccccc2c1. The predicted octanol–water partition coefficient (Wildman–Crippen LogP) is 5.17. The van der Waals surface area contributed by atoms with Gasteiger partial charge in [-0.1, -0.05) is 42.5 Å². The number of fused-ring (bicyclic) bond motifs is 1. The molecule has 0 aliphatic rings. The molecule has 0 aromatic heterocycles. The summed E-state index contributed by atoms with van der Waals surface area (Å²) in [5, 5.41) is 2.31. The molecule has 1 atom stereocenters. The van der Waals surface area contributed by atoms with Crippen molar-refractivity contribution in [2.45, 2.75) is 26.4 Å². The van der Waals surface area contributed by atoms with Crippen LogP contribution in [0.4, 0.5) is 0 Å². The Morgan fingerprint density at radius 2 is 1.60 bits per heavy atom. The lowest BCUT2D eigenvalue weighted by Gasteiger charge is -2.23. The van der Waals surface area contributed by atoms with E-state index in [4.69, 9.17) is 9.05 Å². The molecule has 0 spiro atoms. The average molecular weight is 292 g/mol. The summed E-state index contributed by atoms with van der Waals surface area (Å²) in [7, 11) is -3.11. The minimum atomic E-state index is -3.11. The van der Waals surface area contributed by atoms with Gasteiger partial charge in [-0.05, 0) is 37.1 Å². The zero-order valence-electron chi connectivity index (χ0n) is 12.2. The van der Waals surface area contributed by atoms with Crippen molar-refractivity contribution in [2.24, 2.45) is 0 Å². The molecule has 0 aliphatic heterocycles. The van der Waals surface area contributed by atoms with E-state index in [-0.39, 0.29) is 5.66 Å². The van der Waals surface area contributed by atoms with Gasteiger partial charge in [-0.3, -0.25) is 4.57 Å². The van der Waals surface area contributed by atoms with E-state index in [1.54, 1.807) is 0 Å². The fraction of sp³-hybridized carbons (Fsp3) is 0.375. The second-order valence-corrected chi connectivity index (χ2v) is 7.03. The average Bonchev–Trinajstić information content (AvgIpc) is 2.46. The van der Waals surface area contributed by atoms with Crippen molar-refractivity contribution < 1.29 is 13.6 Å². The van der Waals surface area contributed by atoms with E-state index in [1.165, 1.54) is 5.39 Å². The Bertz CT molecular complexity index is 614. The molecule has 0 saturated carbocycles. The van der Waals surface area contributed by atoms with Crippen LogP contribution in [0.3, 0.4) is 0 Å². The Labute approximate surface area is 120 Å². The molecule has 0 N–H and O–H groups in total.